The van der Waals surface area contributed by atoms with Gasteiger partial charge < -0.3 is 19.9 Å². The molecule has 2 saturated heterocycles. The molecule has 3 rings (SSSR count). The fourth-order valence-electron chi connectivity index (χ4n) is 3.64. The molecule has 2 atom stereocenters. The van der Waals surface area contributed by atoms with Gasteiger partial charge in [0.25, 0.3) is 5.92 Å². The van der Waals surface area contributed by atoms with E-state index in [-0.39, 0.29) is 37.9 Å². The number of anilines is 1. The van der Waals surface area contributed by atoms with E-state index in [1.165, 1.54) is 16.9 Å². The van der Waals surface area contributed by atoms with E-state index in [4.69, 9.17) is 4.74 Å². The zero-order chi connectivity index (χ0) is 21.2. The molecule has 0 aliphatic carbocycles. The van der Waals surface area contributed by atoms with Crippen molar-refractivity contribution in [1.29, 1.82) is 0 Å². The highest BCUT2D eigenvalue weighted by molar-refractivity contribution is 6.00. The number of piperidine rings is 1. The first-order chi connectivity index (χ1) is 13.7. The van der Waals surface area contributed by atoms with Gasteiger partial charge in [0.2, 0.25) is 17.7 Å². The summed E-state index contributed by atoms with van der Waals surface area (Å²) in [4.78, 5) is 39.6. The molecule has 1 aromatic rings. The first-order valence-electron chi connectivity index (χ1n) is 9.29. The highest BCUT2D eigenvalue weighted by Gasteiger charge is 2.47. The van der Waals surface area contributed by atoms with Gasteiger partial charge in [0.05, 0.1) is 13.0 Å². The minimum absolute atomic E-state index is 0.00657. The SMILES string of the molecule is C=CC(=O)NC1CN(C(=O)C2CC(=O)N(c3cccc(OC)c3)C2)CCC1(F)F. The number of nitrogens with one attached hydrogen (secondary N) is 1. The van der Waals surface area contributed by atoms with Crippen molar-refractivity contribution in [3.8, 4) is 5.75 Å². The number of amides is 3. The molecule has 2 aliphatic heterocycles. The highest BCUT2D eigenvalue weighted by Crippen LogP contribution is 2.32. The van der Waals surface area contributed by atoms with Crippen LogP contribution >= 0.6 is 0 Å². The number of methoxy groups -OCH3 is 1. The summed E-state index contributed by atoms with van der Waals surface area (Å²) in [5.41, 5.74) is 0.617. The number of carbonyl (C=O) groups is 3. The van der Waals surface area contributed by atoms with Gasteiger partial charge in [-0.05, 0) is 18.2 Å². The fourth-order valence-corrected chi connectivity index (χ4v) is 3.64. The van der Waals surface area contributed by atoms with E-state index >= 15 is 0 Å². The van der Waals surface area contributed by atoms with E-state index < -0.39 is 30.2 Å². The van der Waals surface area contributed by atoms with Crippen molar-refractivity contribution >= 4 is 23.4 Å². The van der Waals surface area contributed by atoms with Crippen LogP contribution in [0, 0.1) is 5.92 Å². The predicted octanol–water partition coefficient (Wildman–Crippen LogP) is 1.59. The van der Waals surface area contributed by atoms with E-state index in [2.05, 4.69) is 11.9 Å². The first-order valence-corrected chi connectivity index (χ1v) is 9.29. The lowest BCUT2D eigenvalue weighted by Crippen LogP contribution is -2.60. The average molecular weight is 407 g/mol. The molecule has 0 radical (unpaired) electrons. The number of nitrogens with zero attached hydrogens (tertiary/aromatic N) is 2. The summed E-state index contributed by atoms with van der Waals surface area (Å²) in [6, 6.07) is 5.45. The second-order valence-corrected chi connectivity index (χ2v) is 7.17. The van der Waals surface area contributed by atoms with Gasteiger partial charge in [-0.2, -0.15) is 0 Å². The summed E-state index contributed by atoms with van der Waals surface area (Å²) in [6.45, 7) is 2.99. The topological polar surface area (TPSA) is 79.0 Å². The molecule has 0 bridgehead atoms. The number of hydrogen-bond donors (Lipinski definition) is 1. The van der Waals surface area contributed by atoms with Gasteiger partial charge in [0.15, 0.2) is 0 Å². The van der Waals surface area contributed by atoms with Gasteiger partial charge in [0.1, 0.15) is 11.8 Å². The Morgan fingerprint density at radius 1 is 1.34 bits per heavy atom. The van der Waals surface area contributed by atoms with Crippen LogP contribution in [0.4, 0.5) is 14.5 Å². The van der Waals surface area contributed by atoms with Crippen LogP contribution in [0.1, 0.15) is 12.8 Å². The maximum Gasteiger partial charge on any atom is 0.271 e. The van der Waals surface area contributed by atoms with Crippen molar-refractivity contribution in [3.63, 3.8) is 0 Å². The van der Waals surface area contributed by atoms with Crippen molar-refractivity contribution < 1.29 is 27.9 Å². The van der Waals surface area contributed by atoms with Crippen molar-refractivity contribution in [2.45, 2.75) is 24.8 Å². The third-order valence-electron chi connectivity index (χ3n) is 5.28. The number of likely N-dealkylation sites (tertiary alicyclic amines) is 1. The molecule has 1 N–H and O–H groups in total. The van der Waals surface area contributed by atoms with Crippen LogP contribution in [0.25, 0.3) is 0 Å². The number of ether oxygens (including phenoxy) is 1. The van der Waals surface area contributed by atoms with E-state index in [0.29, 0.717) is 11.4 Å². The van der Waals surface area contributed by atoms with E-state index in [1.54, 1.807) is 24.3 Å². The summed E-state index contributed by atoms with van der Waals surface area (Å²) >= 11 is 0. The zero-order valence-corrected chi connectivity index (χ0v) is 16.1. The molecule has 2 heterocycles. The minimum atomic E-state index is -3.12. The molecule has 2 unspecified atom stereocenters. The van der Waals surface area contributed by atoms with Crippen LogP contribution in [0.5, 0.6) is 5.75 Å². The van der Waals surface area contributed by atoms with Gasteiger partial charge in [-0.1, -0.05) is 12.6 Å². The normalized spacial score (nSPS) is 23.6. The summed E-state index contributed by atoms with van der Waals surface area (Å²) in [5, 5.41) is 2.20. The Balaban J connectivity index is 1.69. The molecule has 0 saturated carbocycles. The van der Waals surface area contributed by atoms with Gasteiger partial charge in [-0.3, -0.25) is 14.4 Å². The third kappa shape index (κ3) is 4.38. The lowest BCUT2D eigenvalue weighted by atomic mass is 9.98. The largest absolute Gasteiger partial charge is 0.497 e. The van der Waals surface area contributed by atoms with Crippen molar-refractivity contribution in [3.05, 3.63) is 36.9 Å². The monoisotopic (exact) mass is 407 g/mol. The second kappa shape index (κ2) is 8.18. The van der Waals surface area contributed by atoms with Crippen LogP contribution in [0.15, 0.2) is 36.9 Å². The standard InChI is InChI=1S/C20H23F2N3O4/c1-3-17(26)23-16-12-24(8-7-20(16,21)22)19(28)13-9-18(27)25(11-13)14-5-4-6-15(10-14)29-2/h3-6,10,13,16H,1,7-9,11-12H2,2H3,(H,23,26). The molecular formula is C20H23F2N3O4. The van der Waals surface area contributed by atoms with Crippen molar-refractivity contribution in [2.24, 2.45) is 5.92 Å². The molecule has 1 aromatic carbocycles. The maximum atomic E-state index is 14.1. The van der Waals surface area contributed by atoms with Gasteiger partial charge >= 0.3 is 0 Å². The van der Waals surface area contributed by atoms with Crippen molar-refractivity contribution in [2.75, 3.05) is 31.6 Å². The Morgan fingerprint density at radius 3 is 2.79 bits per heavy atom. The summed E-state index contributed by atoms with van der Waals surface area (Å²) in [6.07, 6.45) is 0.367. The Kier molecular flexibility index (Phi) is 5.86. The lowest BCUT2D eigenvalue weighted by Gasteiger charge is -2.39. The molecule has 2 fully saturated rings. The molecule has 29 heavy (non-hydrogen) atoms. The smallest absolute Gasteiger partial charge is 0.271 e. The number of rotatable bonds is 5. The van der Waals surface area contributed by atoms with Crippen LogP contribution in [-0.2, 0) is 14.4 Å². The highest BCUT2D eigenvalue weighted by atomic mass is 19.3. The molecule has 156 valence electrons. The number of benzene rings is 1. The van der Waals surface area contributed by atoms with Crippen LogP contribution < -0.4 is 15.0 Å². The second-order valence-electron chi connectivity index (χ2n) is 7.17. The molecule has 2 aliphatic rings. The number of alkyl halides is 2. The zero-order valence-electron chi connectivity index (χ0n) is 16.1. The van der Waals surface area contributed by atoms with E-state index in [1.807, 2.05) is 0 Å². The quantitative estimate of drug-likeness (QED) is 0.752. The Bertz CT molecular complexity index is 830. The van der Waals surface area contributed by atoms with Crippen LogP contribution in [-0.4, -0.2) is 61.3 Å². The molecule has 0 spiro atoms. The van der Waals surface area contributed by atoms with Crippen molar-refractivity contribution in [1.82, 2.24) is 10.2 Å². The fraction of sp³-hybridized carbons (Fsp3) is 0.450. The lowest BCUT2D eigenvalue weighted by molar-refractivity contribution is -0.146. The predicted molar refractivity (Wildman–Crippen MR) is 102 cm³/mol. The summed E-state index contributed by atoms with van der Waals surface area (Å²) < 4.78 is 33.4. The Hall–Kier alpha value is -2.97. The Labute approximate surface area is 167 Å². The Morgan fingerprint density at radius 2 is 2.10 bits per heavy atom. The number of carbonyl (C=O) groups excluding carboxylic acids is 3. The van der Waals surface area contributed by atoms with E-state index in [9.17, 15) is 23.2 Å². The van der Waals surface area contributed by atoms with Gasteiger partial charge in [-0.25, -0.2) is 8.78 Å². The maximum absolute atomic E-state index is 14.1. The number of halogens is 2. The van der Waals surface area contributed by atoms with E-state index in [0.717, 1.165) is 6.08 Å². The summed E-state index contributed by atoms with van der Waals surface area (Å²) in [5.74, 6) is -4.45. The molecule has 7 nitrogen and oxygen atoms in total. The van der Waals surface area contributed by atoms with Crippen LogP contribution in [0.3, 0.4) is 0 Å². The third-order valence-corrected chi connectivity index (χ3v) is 5.28. The molecule has 3 amide bonds. The van der Waals surface area contributed by atoms with Gasteiger partial charge in [0, 0.05) is 44.2 Å². The van der Waals surface area contributed by atoms with Gasteiger partial charge in [-0.15, -0.1) is 0 Å². The summed E-state index contributed by atoms with van der Waals surface area (Å²) in [7, 11) is 1.52. The average Bonchev–Trinajstić information content (AvgIpc) is 3.10. The number of hydrogen-bond acceptors (Lipinski definition) is 4. The molecule has 0 aromatic heterocycles. The first kappa shape index (κ1) is 20.8. The molecular weight excluding hydrogens is 384 g/mol. The minimum Gasteiger partial charge on any atom is -0.497 e. The molecule has 9 heteroatoms. The van der Waals surface area contributed by atoms with Crippen LogP contribution in [0.2, 0.25) is 0 Å².